The van der Waals surface area contributed by atoms with Gasteiger partial charge in [0.1, 0.15) is 0 Å². The van der Waals surface area contributed by atoms with Gasteiger partial charge in [-0.15, -0.1) is 0 Å². The Hall–Kier alpha value is -3.26. The molecule has 3 rings (SSSR count). The largest absolute Gasteiger partial charge is 0.345 e. The summed E-state index contributed by atoms with van der Waals surface area (Å²) in [7, 11) is 0. The minimum atomic E-state index is -0.597. The minimum absolute atomic E-state index is 0.00289. The normalized spacial score (nSPS) is 10.5. The molecule has 8 nitrogen and oxygen atoms in total. The molecule has 0 unspecified atom stereocenters. The number of hydrogen-bond donors (Lipinski definition) is 1. The van der Waals surface area contributed by atoms with E-state index in [2.05, 4.69) is 15.5 Å². The number of aryl methyl sites for hydroxylation is 1. The highest BCUT2D eigenvalue weighted by Crippen LogP contribution is 2.22. The highest BCUT2D eigenvalue weighted by molar-refractivity contribution is 6.33. The summed E-state index contributed by atoms with van der Waals surface area (Å²) in [6.45, 7) is 1.96. The molecule has 0 atom stereocenters. The molecule has 3 aromatic rings. The lowest BCUT2D eigenvalue weighted by molar-refractivity contribution is -0.384. The summed E-state index contributed by atoms with van der Waals surface area (Å²) >= 11 is 5.94. The van der Waals surface area contributed by atoms with Crippen LogP contribution in [0.4, 0.5) is 5.69 Å². The molecule has 0 aliphatic heterocycles. The quantitative estimate of drug-likeness (QED) is 0.541. The van der Waals surface area contributed by atoms with Crippen molar-refractivity contribution < 1.29 is 14.2 Å². The van der Waals surface area contributed by atoms with Gasteiger partial charge in [-0.2, -0.15) is 4.98 Å². The average Bonchev–Trinajstić information content (AvgIpc) is 3.09. The third-order valence-electron chi connectivity index (χ3n) is 3.58. The number of halogens is 1. The van der Waals surface area contributed by atoms with Gasteiger partial charge in [-0.3, -0.25) is 14.9 Å². The molecule has 0 bridgehead atoms. The van der Waals surface area contributed by atoms with Gasteiger partial charge in [0, 0.05) is 17.7 Å². The molecule has 0 saturated heterocycles. The fourth-order valence-electron chi connectivity index (χ4n) is 2.19. The average molecular weight is 373 g/mol. The van der Waals surface area contributed by atoms with E-state index in [9.17, 15) is 14.9 Å². The molecule has 0 fully saturated rings. The second-order valence-electron chi connectivity index (χ2n) is 5.49. The Labute approximate surface area is 152 Å². The van der Waals surface area contributed by atoms with Crippen LogP contribution in [0, 0.1) is 17.0 Å². The molecular weight excluding hydrogens is 360 g/mol. The van der Waals surface area contributed by atoms with E-state index >= 15 is 0 Å². The number of nitrogens with one attached hydrogen (secondary N) is 1. The van der Waals surface area contributed by atoms with Gasteiger partial charge in [0.15, 0.2) is 5.82 Å². The van der Waals surface area contributed by atoms with Crippen LogP contribution >= 0.6 is 11.6 Å². The molecule has 0 aliphatic carbocycles. The SMILES string of the molecule is Cc1ccc(-c2nc(CNC(=O)c3cc([N+](=O)[O-])ccc3Cl)no2)cc1. The van der Waals surface area contributed by atoms with Gasteiger partial charge in [-0.05, 0) is 25.1 Å². The summed E-state index contributed by atoms with van der Waals surface area (Å²) in [6.07, 6.45) is 0. The van der Waals surface area contributed by atoms with Gasteiger partial charge in [0.05, 0.1) is 22.1 Å². The summed E-state index contributed by atoms with van der Waals surface area (Å²) in [6, 6.07) is 11.2. The number of carbonyl (C=O) groups is 1. The maximum absolute atomic E-state index is 12.2. The summed E-state index contributed by atoms with van der Waals surface area (Å²) in [5.41, 5.74) is 1.65. The lowest BCUT2D eigenvalue weighted by atomic mass is 10.1. The number of aromatic nitrogens is 2. The van der Waals surface area contributed by atoms with Crippen LogP contribution in [0.15, 0.2) is 47.0 Å². The molecule has 0 aliphatic rings. The molecule has 132 valence electrons. The van der Waals surface area contributed by atoms with E-state index < -0.39 is 10.8 Å². The van der Waals surface area contributed by atoms with Gasteiger partial charge < -0.3 is 9.84 Å². The first-order valence-corrected chi connectivity index (χ1v) is 7.93. The number of nitro benzene ring substituents is 1. The Morgan fingerprint density at radius 1 is 1.27 bits per heavy atom. The Morgan fingerprint density at radius 2 is 2.00 bits per heavy atom. The maximum Gasteiger partial charge on any atom is 0.270 e. The fraction of sp³-hybridized carbons (Fsp3) is 0.118. The predicted molar refractivity (Wildman–Crippen MR) is 93.7 cm³/mol. The van der Waals surface area contributed by atoms with Gasteiger partial charge in [-0.25, -0.2) is 0 Å². The highest BCUT2D eigenvalue weighted by atomic mass is 35.5. The zero-order valence-corrected chi connectivity index (χ0v) is 14.4. The Balaban J connectivity index is 1.70. The number of amides is 1. The summed E-state index contributed by atoms with van der Waals surface area (Å²) in [5.74, 6) is 0.0403. The topological polar surface area (TPSA) is 111 Å². The second-order valence-corrected chi connectivity index (χ2v) is 5.89. The standard InChI is InChI=1S/C17H13ClN4O4/c1-10-2-4-11(5-3-10)17-20-15(21-26-17)9-19-16(23)13-8-12(22(24)25)6-7-14(13)18/h2-8H,9H2,1H3,(H,19,23). The van der Waals surface area contributed by atoms with Crippen LogP contribution in [0.2, 0.25) is 5.02 Å². The van der Waals surface area contributed by atoms with Crippen molar-refractivity contribution in [1.82, 2.24) is 15.5 Å². The first-order valence-electron chi connectivity index (χ1n) is 7.56. The van der Waals surface area contributed by atoms with Crippen molar-refractivity contribution in [2.45, 2.75) is 13.5 Å². The first-order chi connectivity index (χ1) is 12.4. The van der Waals surface area contributed by atoms with Crippen LogP contribution in [-0.4, -0.2) is 21.0 Å². The van der Waals surface area contributed by atoms with Crippen molar-refractivity contribution in [1.29, 1.82) is 0 Å². The summed E-state index contributed by atoms with van der Waals surface area (Å²) < 4.78 is 5.18. The van der Waals surface area contributed by atoms with Gasteiger partial charge in [-0.1, -0.05) is 34.5 Å². The van der Waals surface area contributed by atoms with Crippen molar-refractivity contribution in [3.63, 3.8) is 0 Å². The molecular formula is C17H13ClN4O4. The number of carbonyl (C=O) groups excluding carboxylic acids is 1. The molecule has 2 aromatic carbocycles. The lowest BCUT2D eigenvalue weighted by Gasteiger charge is -2.04. The molecule has 1 aromatic heterocycles. The van der Waals surface area contributed by atoms with E-state index in [0.717, 1.165) is 17.2 Å². The molecule has 0 spiro atoms. The predicted octanol–water partition coefficient (Wildman–Crippen LogP) is 3.54. The molecule has 26 heavy (non-hydrogen) atoms. The van der Waals surface area contributed by atoms with Crippen molar-refractivity contribution in [2.24, 2.45) is 0 Å². The molecule has 1 amide bonds. The number of nitrogens with zero attached hydrogens (tertiary/aromatic N) is 3. The second kappa shape index (κ2) is 7.32. The third-order valence-corrected chi connectivity index (χ3v) is 3.91. The van der Waals surface area contributed by atoms with Crippen molar-refractivity contribution >= 4 is 23.2 Å². The van der Waals surface area contributed by atoms with E-state index in [1.165, 1.54) is 12.1 Å². The Bertz CT molecular complexity index is 969. The van der Waals surface area contributed by atoms with Gasteiger partial charge >= 0.3 is 0 Å². The number of rotatable bonds is 5. The number of nitro groups is 1. The zero-order chi connectivity index (χ0) is 18.7. The summed E-state index contributed by atoms with van der Waals surface area (Å²) in [4.78, 5) is 26.7. The number of non-ortho nitro benzene ring substituents is 1. The van der Waals surface area contributed by atoms with Crippen LogP contribution < -0.4 is 5.32 Å². The van der Waals surface area contributed by atoms with Gasteiger partial charge in [0.25, 0.3) is 17.5 Å². The zero-order valence-electron chi connectivity index (χ0n) is 13.6. The van der Waals surface area contributed by atoms with Gasteiger partial charge in [0.2, 0.25) is 0 Å². The van der Waals surface area contributed by atoms with Crippen LogP contribution in [0.25, 0.3) is 11.5 Å². The van der Waals surface area contributed by atoms with Crippen molar-refractivity contribution in [3.05, 3.63) is 74.6 Å². The van der Waals surface area contributed by atoms with E-state index in [1.807, 2.05) is 31.2 Å². The third kappa shape index (κ3) is 3.86. The van der Waals surface area contributed by atoms with Crippen LogP contribution in [0.5, 0.6) is 0 Å². The monoisotopic (exact) mass is 372 g/mol. The molecule has 9 heteroatoms. The highest BCUT2D eigenvalue weighted by Gasteiger charge is 2.17. The van der Waals surface area contributed by atoms with Crippen molar-refractivity contribution in [3.8, 4) is 11.5 Å². The fourth-order valence-corrected chi connectivity index (χ4v) is 2.40. The van der Waals surface area contributed by atoms with Crippen LogP contribution in [0.1, 0.15) is 21.7 Å². The van der Waals surface area contributed by atoms with Crippen LogP contribution in [0.3, 0.4) is 0 Å². The van der Waals surface area contributed by atoms with Crippen LogP contribution in [-0.2, 0) is 6.54 Å². The first kappa shape index (κ1) is 17.6. The van der Waals surface area contributed by atoms with Crippen molar-refractivity contribution in [2.75, 3.05) is 0 Å². The van der Waals surface area contributed by atoms with E-state index in [4.69, 9.17) is 16.1 Å². The smallest absolute Gasteiger partial charge is 0.270 e. The number of benzene rings is 2. The van der Waals surface area contributed by atoms with E-state index in [1.54, 1.807) is 0 Å². The Morgan fingerprint density at radius 3 is 2.69 bits per heavy atom. The molecule has 0 radical (unpaired) electrons. The molecule has 1 N–H and O–H groups in total. The lowest BCUT2D eigenvalue weighted by Crippen LogP contribution is -2.23. The molecule has 1 heterocycles. The Kier molecular flexibility index (Phi) is 4.94. The maximum atomic E-state index is 12.2. The number of hydrogen-bond acceptors (Lipinski definition) is 6. The molecule has 0 saturated carbocycles. The van der Waals surface area contributed by atoms with E-state index in [-0.39, 0.29) is 28.6 Å². The minimum Gasteiger partial charge on any atom is -0.345 e. The summed E-state index contributed by atoms with van der Waals surface area (Å²) in [5, 5.41) is 17.3. The van der Waals surface area contributed by atoms with E-state index in [0.29, 0.717) is 5.89 Å².